The Morgan fingerprint density at radius 2 is 1.83 bits per heavy atom. The zero-order valence-electron chi connectivity index (χ0n) is 17.2. The Bertz CT molecular complexity index is 851. The van der Waals surface area contributed by atoms with Crippen LogP contribution in [0, 0.1) is 5.92 Å². The number of carbonyl (C=O) groups excluding carboxylic acids is 2. The molecule has 0 unspecified atom stereocenters. The molecule has 0 radical (unpaired) electrons. The van der Waals surface area contributed by atoms with E-state index in [0.717, 1.165) is 12.2 Å². The normalized spacial score (nSPS) is 17.6. The molecule has 0 saturated carbocycles. The van der Waals surface area contributed by atoms with Crippen LogP contribution >= 0.6 is 0 Å². The van der Waals surface area contributed by atoms with Gasteiger partial charge in [0.2, 0.25) is 11.8 Å². The molecule has 3 N–H and O–H groups in total. The molecule has 2 amide bonds. The summed E-state index contributed by atoms with van der Waals surface area (Å²) in [4.78, 5) is 25.8. The number of hydrogen-bond donors (Lipinski definition) is 3. The maximum absolute atomic E-state index is 12.9. The van der Waals surface area contributed by atoms with Gasteiger partial charge < -0.3 is 20.7 Å². The van der Waals surface area contributed by atoms with Gasteiger partial charge in [-0.25, -0.2) is 0 Å². The van der Waals surface area contributed by atoms with Crippen molar-refractivity contribution in [1.82, 2.24) is 10.6 Å². The molecule has 1 aliphatic heterocycles. The van der Waals surface area contributed by atoms with E-state index in [1.54, 1.807) is 31.4 Å². The number of nitrogens with one attached hydrogen (secondary N) is 3. The smallest absolute Gasteiger partial charge is 0.247 e. The average Bonchev–Trinajstić information content (AvgIpc) is 2.76. The Balaban J connectivity index is 1.66. The zero-order chi connectivity index (χ0) is 20.8. The minimum absolute atomic E-state index is 0.00748. The highest BCUT2D eigenvalue weighted by Crippen LogP contribution is 2.19. The van der Waals surface area contributed by atoms with Gasteiger partial charge in [0.1, 0.15) is 11.8 Å². The van der Waals surface area contributed by atoms with Gasteiger partial charge in [-0.1, -0.05) is 44.5 Å². The number of benzene rings is 2. The second-order valence-electron chi connectivity index (χ2n) is 7.50. The molecule has 0 saturated heterocycles. The first-order valence-corrected chi connectivity index (χ1v) is 10.1. The second-order valence-corrected chi connectivity index (χ2v) is 7.50. The monoisotopic (exact) mass is 395 g/mol. The van der Waals surface area contributed by atoms with Gasteiger partial charge in [-0.15, -0.1) is 0 Å². The minimum atomic E-state index is -0.603. The Morgan fingerprint density at radius 3 is 2.48 bits per heavy atom. The van der Waals surface area contributed by atoms with E-state index in [1.165, 1.54) is 11.1 Å². The molecule has 154 valence electrons. The van der Waals surface area contributed by atoms with Gasteiger partial charge in [0.05, 0.1) is 13.2 Å². The van der Waals surface area contributed by atoms with Crippen molar-refractivity contribution in [2.75, 3.05) is 12.4 Å². The quantitative estimate of drug-likeness (QED) is 0.674. The predicted molar refractivity (Wildman–Crippen MR) is 114 cm³/mol. The lowest BCUT2D eigenvalue weighted by molar-refractivity contribution is -0.129. The van der Waals surface area contributed by atoms with Crippen molar-refractivity contribution in [2.24, 2.45) is 5.92 Å². The summed E-state index contributed by atoms with van der Waals surface area (Å²) in [5.41, 5.74) is 3.06. The van der Waals surface area contributed by atoms with Crippen LogP contribution in [0.5, 0.6) is 5.75 Å². The molecule has 0 fully saturated rings. The number of hydrogen-bond acceptors (Lipinski definition) is 4. The molecule has 2 aromatic rings. The molecular formula is C23H29N3O3. The second kappa shape index (κ2) is 9.56. The van der Waals surface area contributed by atoms with Crippen LogP contribution in [0.3, 0.4) is 0 Å². The number of amides is 2. The molecule has 6 heteroatoms. The van der Waals surface area contributed by atoms with Crippen molar-refractivity contribution in [3.8, 4) is 5.75 Å². The van der Waals surface area contributed by atoms with E-state index in [0.29, 0.717) is 18.7 Å². The van der Waals surface area contributed by atoms with Crippen molar-refractivity contribution < 1.29 is 14.3 Å². The first-order chi connectivity index (χ1) is 14.0. The van der Waals surface area contributed by atoms with Gasteiger partial charge in [0.25, 0.3) is 0 Å². The molecule has 0 aromatic heterocycles. The topological polar surface area (TPSA) is 79.5 Å². The van der Waals surface area contributed by atoms with Crippen LogP contribution in [0.4, 0.5) is 5.69 Å². The fourth-order valence-corrected chi connectivity index (χ4v) is 3.49. The summed E-state index contributed by atoms with van der Waals surface area (Å²) in [7, 11) is 1.60. The molecule has 3 atom stereocenters. The third-order valence-electron chi connectivity index (χ3n) is 5.55. The maximum Gasteiger partial charge on any atom is 0.247 e. The molecule has 29 heavy (non-hydrogen) atoms. The molecule has 2 aromatic carbocycles. The van der Waals surface area contributed by atoms with Crippen molar-refractivity contribution >= 4 is 17.5 Å². The fourth-order valence-electron chi connectivity index (χ4n) is 3.49. The number of methoxy groups -OCH3 is 1. The van der Waals surface area contributed by atoms with Gasteiger partial charge in [-0.05, 0) is 47.7 Å². The van der Waals surface area contributed by atoms with Crippen molar-refractivity contribution in [2.45, 2.75) is 45.3 Å². The van der Waals surface area contributed by atoms with E-state index >= 15 is 0 Å². The molecule has 0 bridgehead atoms. The first kappa shape index (κ1) is 20.9. The first-order valence-electron chi connectivity index (χ1n) is 10.1. The van der Waals surface area contributed by atoms with E-state index in [2.05, 4.69) is 28.1 Å². The lowest BCUT2D eigenvalue weighted by Crippen LogP contribution is -2.55. The van der Waals surface area contributed by atoms with Crippen LogP contribution in [0.25, 0.3) is 0 Å². The fraction of sp³-hybridized carbons (Fsp3) is 0.391. The highest BCUT2D eigenvalue weighted by Gasteiger charge is 2.30. The minimum Gasteiger partial charge on any atom is -0.497 e. The standard InChI is InChI=1S/C23H29N3O3/c1-4-15(2)21(23(28)25-18-9-11-19(29-3)12-10-18)26-22(27)20-13-16-7-5-6-8-17(16)14-24-20/h5-12,15,20-21,24H,4,13-14H2,1-3H3,(H,25,28)(H,26,27)/t15-,20-,21+/m0/s1. The summed E-state index contributed by atoms with van der Waals surface area (Å²) in [5.74, 6) is 0.371. The average molecular weight is 396 g/mol. The Morgan fingerprint density at radius 1 is 1.14 bits per heavy atom. The third-order valence-corrected chi connectivity index (χ3v) is 5.55. The van der Waals surface area contributed by atoms with Crippen LogP contribution < -0.4 is 20.7 Å². The van der Waals surface area contributed by atoms with E-state index < -0.39 is 6.04 Å². The van der Waals surface area contributed by atoms with Crippen LogP contribution in [0.2, 0.25) is 0 Å². The van der Waals surface area contributed by atoms with Crippen LogP contribution in [0.15, 0.2) is 48.5 Å². The van der Waals surface area contributed by atoms with Gasteiger partial charge in [-0.3, -0.25) is 9.59 Å². The zero-order valence-corrected chi connectivity index (χ0v) is 17.2. The predicted octanol–water partition coefficient (Wildman–Crippen LogP) is 2.88. The lowest BCUT2D eigenvalue weighted by Gasteiger charge is -2.29. The number of anilines is 1. The molecule has 0 aliphatic carbocycles. The molecule has 3 rings (SSSR count). The van der Waals surface area contributed by atoms with Crippen LogP contribution in [-0.4, -0.2) is 31.0 Å². The van der Waals surface area contributed by atoms with Crippen molar-refractivity contribution in [3.63, 3.8) is 0 Å². The summed E-state index contributed by atoms with van der Waals surface area (Å²) >= 11 is 0. The number of ether oxygens (including phenoxy) is 1. The maximum atomic E-state index is 12.9. The summed E-state index contributed by atoms with van der Waals surface area (Å²) in [6.45, 7) is 4.64. The van der Waals surface area contributed by atoms with Gasteiger partial charge in [-0.2, -0.15) is 0 Å². The highest BCUT2D eigenvalue weighted by molar-refractivity contribution is 5.98. The van der Waals surface area contributed by atoms with Crippen LogP contribution in [-0.2, 0) is 22.6 Å². The summed E-state index contributed by atoms with van der Waals surface area (Å²) in [5, 5.41) is 9.16. The Hall–Kier alpha value is -2.86. The Kier molecular flexibility index (Phi) is 6.88. The number of fused-ring (bicyclic) bond motifs is 1. The van der Waals surface area contributed by atoms with Crippen LogP contribution in [0.1, 0.15) is 31.4 Å². The van der Waals surface area contributed by atoms with Gasteiger partial charge >= 0.3 is 0 Å². The SMILES string of the molecule is CC[C@H](C)[C@@H](NC(=O)[C@@H]1Cc2ccccc2CN1)C(=O)Nc1ccc(OC)cc1. The molecule has 1 aliphatic rings. The molecule has 1 heterocycles. The highest BCUT2D eigenvalue weighted by atomic mass is 16.5. The van der Waals surface area contributed by atoms with E-state index in [-0.39, 0.29) is 23.8 Å². The summed E-state index contributed by atoms with van der Waals surface area (Å²) in [6, 6.07) is 14.3. The summed E-state index contributed by atoms with van der Waals surface area (Å²) < 4.78 is 5.15. The van der Waals surface area contributed by atoms with Crippen molar-refractivity contribution in [1.29, 1.82) is 0 Å². The number of carbonyl (C=O) groups is 2. The molecular weight excluding hydrogens is 366 g/mol. The molecule has 0 spiro atoms. The van der Waals surface area contributed by atoms with E-state index in [1.807, 2.05) is 26.0 Å². The van der Waals surface area contributed by atoms with Gasteiger partial charge in [0, 0.05) is 12.2 Å². The third kappa shape index (κ3) is 5.15. The lowest BCUT2D eigenvalue weighted by atomic mass is 9.94. The van der Waals surface area contributed by atoms with Gasteiger partial charge in [0.15, 0.2) is 0 Å². The van der Waals surface area contributed by atoms with Crippen molar-refractivity contribution in [3.05, 3.63) is 59.7 Å². The largest absolute Gasteiger partial charge is 0.497 e. The summed E-state index contributed by atoms with van der Waals surface area (Å²) in [6.07, 6.45) is 1.40. The van der Waals surface area contributed by atoms with E-state index in [9.17, 15) is 9.59 Å². The van der Waals surface area contributed by atoms with E-state index in [4.69, 9.17) is 4.74 Å². The Labute approximate surface area is 172 Å². The number of rotatable bonds is 7. The molecule has 6 nitrogen and oxygen atoms in total.